The summed E-state index contributed by atoms with van der Waals surface area (Å²) in [6, 6.07) is 5.11. The highest BCUT2D eigenvalue weighted by Gasteiger charge is 2.69. The van der Waals surface area contributed by atoms with E-state index in [9.17, 15) is 45.1 Å². The van der Waals surface area contributed by atoms with Gasteiger partial charge in [0.05, 0.1) is 11.3 Å². The van der Waals surface area contributed by atoms with E-state index >= 15 is 0 Å². The summed E-state index contributed by atoms with van der Waals surface area (Å²) < 4.78 is 95.7. The minimum Gasteiger partial charge on any atom is -0.406 e. The van der Waals surface area contributed by atoms with E-state index in [0.717, 1.165) is 30.3 Å². The van der Waals surface area contributed by atoms with E-state index in [-0.39, 0.29) is 4.90 Å². The second-order valence-electron chi connectivity index (χ2n) is 6.29. The van der Waals surface area contributed by atoms with Crippen molar-refractivity contribution in [2.45, 2.75) is 18.2 Å². The topological polar surface area (TPSA) is 87.7 Å². The first-order valence-electron chi connectivity index (χ1n) is 8.41. The molecular weight excluding hydrogens is 455 g/mol. The molecule has 0 saturated carbocycles. The number of nitrogens with zero attached hydrogens (tertiary/aromatic N) is 1. The maximum absolute atomic E-state index is 13.8. The van der Waals surface area contributed by atoms with Gasteiger partial charge in [0.1, 0.15) is 11.6 Å². The number of benzene rings is 2. The van der Waals surface area contributed by atoms with E-state index in [1.54, 1.807) is 0 Å². The number of nitrogens with one attached hydrogen (secondary N) is 2. The predicted octanol–water partition coefficient (Wildman–Crippen LogP) is 3.47. The predicted molar refractivity (Wildman–Crippen MR) is 91.8 cm³/mol. The normalized spacial score (nSPS) is 19.0. The summed E-state index contributed by atoms with van der Waals surface area (Å²) in [6.07, 6.45) is -10.6. The minimum atomic E-state index is -5.57. The van der Waals surface area contributed by atoms with E-state index in [1.807, 2.05) is 0 Å². The van der Waals surface area contributed by atoms with Crippen molar-refractivity contribution in [1.29, 1.82) is 0 Å². The third-order valence-corrected chi connectivity index (χ3v) is 4.19. The molecule has 0 spiro atoms. The quantitative estimate of drug-likeness (QED) is 0.535. The lowest BCUT2D eigenvalue weighted by atomic mass is 10.1. The molecule has 14 heteroatoms. The largest absolute Gasteiger partial charge is 0.573 e. The Morgan fingerprint density at radius 2 is 1.56 bits per heavy atom. The van der Waals surface area contributed by atoms with Gasteiger partial charge in [0.2, 0.25) is 0 Å². The lowest BCUT2D eigenvalue weighted by Crippen LogP contribution is -2.69. The first-order chi connectivity index (χ1) is 14.7. The van der Waals surface area contributed by atoms with Crippen LogP contribution < -0.4 is 20.3 Å². The fourth-order valence-electron chi connectivity index (χ4n) is 2.79. The number of carbonyl (C=O) groups excluding carboxylic acids is 3. The maximum atomic E-state index is 13.8. The third kappa shape index (κ3) is 4.15. The highest BCUT2D eigenvalue weighted by Crippen LogP contribution is 2.36. The lowest BCUT2D eigenvalue weighted by Gasteiger charge is -2.29. The Labute approximate surface area is 173 Å². The molecular formula is C18H10F7N3O4. The van der Waals surface area contributed by atoms with E-state index in [0.29, 0.717) is 12.1 Å². The molecule has 170 valence electrons. The molecule has 0 aliphatic carbocycles. The number of carbonyl (C=O) groups is 3. The van der Waals surface area contributed by atoms with Gasteiger partial charge in [0.25, 0.3) is 17.5 Å². The Morgan fingerprint density at radius 1 is 0.969 bits per heavy atom. The SMILES string of the molecule is O=C(N[C@@]1(C(F)(F)F)NC(=O)N(c2ccc(OC(F)(F)F)cc2)C1=O)c1ccccc1F. The molecule has 0 bridgehead atoms. The first-order valence-corrected chi connectivity index (χ1v) is 8.41. The molecule has 1 aliphatic rings. The van der Waals surface area contributed by atoms with Crippen molar-refractivity contribution in [2.24, 2.45) is 0 Å². The van der Waals surface area contributed by atoms with Crippen molar-refractivity contribution < 1.29 is 49.9 Å². The minimum absolute atomic E-state index is 0.0352. The number of amides is 4. The van der Waals surface area contributed by atoms with Crippen molar-refractivity contribution >= 4 is 23.5 Å². The number of anilines is 1. The number of hydrogen-bond acceptors (Lipinski definition) is 4. The van der Waals surface area contributed by atoms with E-state index < -0.39 is 58.9 Å². The highest BCUT2D eigenvalue weighted by molar-refractivity contribution is 6.24. The fraction of sp³-hybridized carbons (Fsp3) is 0.167. The van der Waals surface area contributed by atoms with Gasteiger partial charge in [-0.1, -0.05) is 12.1 Å². The van der Waals surface area contributed by atoms with Gasteiger partial charge in [-0.2, -0.15) is 13.2 Å². The van der Waals surface area contributed by atoms with Crippen LogP contribution in [0.2, 0.25) is 0 Å². The number of halogens is 7. The van der Waals surface area contributed by atoms with Crippen LogP contribution >= 0.6 is 0 Å². The summed E-state index contributed by atoms with van der Waals surface area (Å²) in [5, 5.41) is 2.64. The fourth-order valence-corrected chi connectivity index (χ4v) is 2.79. The Balaban J connectivity index is 1.95. The molecule has 3 rings (SSSR count). The number of urea groups is 1. The number of hydrogen-bond donors (Lipinski definition) is 2. The zero-order valence-corrected chi connectivity index (χ0v) is 15.3. The van der Waals surface area contributed by atoms with Gasteiger partial charge >= 0.3 is 18.6 Å². The Bertz CT molecular complexity index is 1070. The maximum Gasteiger partial charge on any atom is 0.573 e. The Kier molecular flexibility index (Phi) is 5.49. The van der Waals surface area contributed by atoms with Crippen LogP contribution in [-0.4, -0.2) is 36.0 Å². The van der Waals surface area contributed by atoms with Gasteiger partial charge in [-0.25, -0.2) is 14.1 Å². The Morgan fingerprint density at radius 3 is 2.09 bits per heavy atom. The molecule has 32 heavy (non-hydrogen) atoms. The van der Waals surface area contributed by atoms with Crippen molar-refractivity contribution in [3.8, 4) is 5.75 Å². The zero-order valence-electron chi connectivity index (χ0n) is 15.3. The third-order valence-electron chi connectivity index (χ3n) is 4.19. The van der Waals surface area contributed by atoms with E-state index in [2.05, 4.69) is 4.74 Å². The number of imide groups is 1. The first kappa shape index (κ1) is 22.8. The second-order valence-corrected chi connectivity index (χ2v) is 6.29. The molecule has 2 aromatic rings. The van der Waals surface area contributed by atoms with Gasteiger partial charge in [-0.3, -0.25) is 14.9 Å². The standard InChI is InChI=1S/C18H10F7N3O4/c19-12-4-2-1-3-11(12)13(29)26-16(17(20,21)22)14(30)28(15(31)27-16)9-5-7-10(8-6-9)32-18(23,24)25/h1-8H,(H,26,29)(H,27,31)/t16-/m1/s1. The average Bonchev–Trinajstić information content (AvgIpc) is 2.92. The van der Waals surface area contributed by atoms with Gasteiger partial charge < -0.3 is 10.1 Å². The molecule has 2 N–H and O–H groups in total. The lowest BCUT2D eigenvalue weighted by molar-refractivity contribution is -0.274. The zero-order chi connectivity index (χ0) is 23.9. The summed E-state index contributed by atoms with van der Waals surface area (Å²) in [4.78, 5) is 37.1. The van der Waals surface area contributed by atoms with Crippen LogP contribution in [0.5, 0.6) is 5.75 Å². The molecule has 0 unspecified atom stereocenters. The summed E-state index contributed by atoms with van der Waals surface area (Å²) in [5.74, 6) is -5.60. The second kappa shape index (κ2) is 7.69. The van der Waals surface area contributed by atoms with Crippen molar-refractivity contribution in [2.75, 3.05) is 4.90 Å². The molecule has 1 heterocycles. The van der Waals surface area contributed by atoms with Crippen LogP contribution in [0.25, 0.3) is 0 Å². The van der Waals surface area contributed by atoms with Crippen LogP contribution in [0.3, 0.4) is 0 Å². The smallest absolute Gasteiger partial charge is 0.406 e. The number of rotatable bonds is 4. The molecule has 1 aliphatic heterocycles. The van der Waals surface area contributed by atoms with Gasteiger partial charge in [0.15, 0.2) is 0 Å². The molecule has 1 fully saturated rings. The van der Waals surface area contributed by atoms with Gasteiger partial charge in [-0.05, 0) is 36.4 Å². The molecule has 4 amide bonds. The van der Waals surface area contributed by atoms with Crippen LogP contribution in [0, 0.1) is 5.82 Å². The molecule has 2 aromatic carbocycles. The van der Waals surface area contributed by atoms with Crippen molar-refractivity contribution in [1.82, 2.24) is 10.6 Å². The van der Waals surface area contributed by atoms with Crippen LogP contribution in [-0.2, 0) is 4.79 Å². The molecule has 1 atom stereocenters. The van der Waals surface area contributed by atoms with Crippen molar-refractivity contribution in [3.05, 3.63) is 59.9 Å². The monoisotopic (exact) mass is 465 g/mol. The van der Waals surface area contributed by atoms with Crippen LogP contribution in [0.15, 0.2) is 48.5 Å². The molecule has 0 aromatic heterocycles. The Hall–Kier alpha value is -3.84. The van der Waals surface area contributed by atoms with Gasteiger partial charge in [-0.15, -0.1) is 13.2 Å². The van der Waals surface area contributed by atoms with Crippen molar-refractivity contribution in [3.63, 3.8) is 0 Å². The van der Waals surface area contributed by atoms with E-state index in [1.165, 1.54) is 16.7 Å². The summed E-state index contributed by atoms with van der Waals surface area (Å²) in [6.45, 7) is 0. The number of alkyl halides is 6. The highest BCUT2D eigenvalue weighted by atomic mass is 19.4. The average molecular weight is 465 g/mol. The van der Waals surface area contributed by atoms with Gasteiger partial charge in [0, 0.05) is 0 Å². The molecule has 1 saturated heterocycles. The molecule has 0 radical (unpaired) electrons. The van der Waals surface area contributed by atoms with Crippen LogP contribution in [0.1, 0.15) is 10.4 Å². The van der Waals surface area contributed by atoms with Crippen LogP contribution in [0.4, 0.5) is 41.2 Å². The summed E-state index contributed by atoms with van der Waals surface area (Å²) in [7, 11) is 0. The number of ether oxygens (including phenoxy) is 1. The molecule has 7 nitrogen and oxygen atoms in total. The summed E-state index contributed by atoms with van der Waals surface area (Å²) >= 11 is 0. The summed E-state index contributed by atoms with van der Waals surface area (Å²) in [5.41, 5.74) is -5.33. The van der Waals surface area contributed by atoms with E-state index in [4.69, 9.17) is 0 Å².